The van der Waals surface area contributed by atoms with E-state index in [0.717, 1.165) is 18.9 Å². The van der Waals surface area contributed by atoms with E-state index in [2.05, 4.69) is 10.4 Å². The van der Waals surface area contributed by atoms with Crippen molar-refractivity contribution in [2.24, 2.45) is 5.92 Å². The Morgan fingerprint density at radius 3 is 2.76 bits per heavy atom. The highest BCUT2D eigenvalue weighted by Crippen LogP contribution is 2.25. The summed E-state index contributed by atoms with van der Waals surface area (Å²) in [5, 5.41) is 7.34. The summed E-state index contributed by atoms with van der Waals surface area (Å²) in [5.74, 6) is -0.00896. The molecule has 0 spiro atoms. The normalized spacial score (nSPS) is 16.5. The van der Waals surface area contributed by atoms with E-state index in [1.165, 1.54) is 6.42 Å². The van der Waals surface area contributed by atoms with E-state index in [9.17, 15) is 17.1 Å². The van der Waals surface area contributed by atoms with Gasteiger partial charge in [0.2, 0.25) is 0 Å². The number of amides is 1. The van der Waals surface area contributed by atoms with Gasteiger partial charge in [-0.25, -0.2) is 0 Å². The second kappa shape index (κ2) is 4.44. The van der Waals surface area contributed by atoms with Gasteiger partial charge in [0.15, 0.2) is 10.7 Å². The predicted molar refractivity (Wildman–Crippen MR) is 56.6 cm³/mol. The summed E-state index contributed by atoms with van der Waals surface area (Å²) in [7, 11) is -4.84. The first-order valence-corrected chi connectivity index (χ1v) is 6.63. The average Bonchev–Trinajstić information content (AvgIpc) is 2.62. The van der Waals surface area contributed by atoms with E-state index in [-0.39, 0.29) is 5.69 Å². The molecule has 1 saturated carbocycles. The van der Waals surface area contributed by atoms with Crippen molar-refractivity contribution in [2.45, 2.75) is 24.3 Å². The molecule has 1 amide bonds. The molecule has 17 heavy (non-hydrogen) atoms. The number of rotatable bonds is 4. The van der Waals surface area contributed by atoms with E-state index >= 15 is 0 Å². The van der Waals surface area contributed by atoms with Gasteiger partial charge in [-0.3, -0.25) is 9.89 Å². The molecule has 0 unspecified atom stereocenters. The minimum atomic E-state index is -4.84. The van der Waals surface area contributed by atoms with Crippen LogP contribution in [0.2, 0.25) is 0 Å². The quantitative estimate of drug-likeness (QED) is 0.776. The van der Waals surface area contributed by atoms with Crippen LogP contribution in [0.5, 0.6) is 0 Å². The summed E-state index contributed by atoms with van der Waals surface area (Å²) in [6.45, 7) is 0.545. The van der Waals surface area contributed by atoms with Crippen LogP contribution in [0.25, 0.3) is 0 Å². The zero-order chi connectivity index (χ0) is 12.5. The summed E-state index contributed by atoms with van der Waals surface area (Å²) in [6, 6.07) is 0.880. The van der Waals surface area contributed by atoms with Crippen molar-refractivity contribution in [1.29, 1.82) is 0 Å². The molecule has 0 saturated heterocycles. The predicted octanol–water partition coefficient (Wildman–Crippen LogP) is 0.598. The van der Waals surface area contributed by atoms with Gasteiger partial charge in [0.25, 0.3) is 5.91 Å². The molecule has 1 aromatic rings. The van der Waals surface area contributed by atoms with E-state index in [1.807, 2.05) is 5.10 Å². The third kappa shape index (κ3) is 2.82. The van der Waals surface area contributed by atoms with Crippen molar-refractivity contribution < 1.29 is 17.1 Å². The van der Waals surface area contributed by atoms with Crippen LogP contribution in [0.1, 0.15) is 29.8 Å². The van der Waals surface area contributed by atoms with E-state index < -0.39 is 21.2 Å². The Hall–Kier alpha value is -1.44. The maximum absolute atomic E-state index is 12.5. The molecular weight excluding hydrogens is 249 g/mol. The highest BCUT2D eigenvalue weighted by Gasteiger charge is 2.21. The van der Waals surface area contributed by atoms with Gasteiger partial charge < -0.3 is 5.32 Å². The third-order valence-electron chi connectivity index (χ3n) is 2.83. The minimum absolute atomic E-state index is 0.124. The van der Waals surface area contributed by atoms with Gasteiger partial charge in [-0.2, -0.15) is 13.5 Å². The molecule has 6 nitrogen and oxygen atoms in total. The Labute approximate surface area is 97.8 Å². The monoisotopic (exact) mass is 261 g/mol. The van der Waals surface area contributed by atoms with Gasteiger partial charge in [-0.1, -0.05) is 10.3 Å². The highest BCUT2D eigenvalue weighted by atomic mass is 32.3. The van der Waals surface area contributed by atoms with Crippen molar-refractivity contribution in [3.63, 3.8) is 0 Å². The van der Waals surface area contributed by atoms with Gasteiger partial charge in [0.05, 0.1) is 0 Å². The Balaban J connectivity index is 1.96. The lowest BCUT2D eigenvalue weighted by atomic mass is 9.85. The third-order valence-corrected chi connectivity index (χ3v) is 3.56. The second-order valence-electron chi connectivity index (χ2n) is 4.06. The van der Waals surface area contributed by atoms with E-state index in [4.69, 9.17) is 0 Å². The number of nitrogens with one attached hydrogen (secondary N) is 2. The molecule has 2 rings (SSSR count). The summed E-state index contributed by atoms with van der Waals surface area (Å²) in [4.78, 5) is 11.5. The maximum Gasteiger partial charge on any atom is 0.349 e. The lowest BCUT2D eigenvalue weighted by molar-refractivity contribution is 0.0934. The molecule has 1 aliphatic carbocycles. The molecule has 0 radical (unpaired) electrons. The lowest BCUT2D eigenvalue weighted by Gasteiger charge is -2.25. The molecule has 1 heterocycles. The van der Waals surface area contributed by atoms with Crippen molar-refractivity contribution in [2.75, 3.05) is 6.54 Å². The zero-order valence-electron chi connectivity index (χ0n) is 8.94. The standard InChI is InChI=1S/C9H12FN3O3S/c10-17(15,16)8-4-7(12-13-8)9(14)11-5-6-2-1-3-6/h4,6H,1-3,5H2,(H,11,14)(H,12,13). The molecule has 0 aromatic carbocycles. The number of aromatic amines is 1. The smallest absolute Gasteiger partial charge is 0.349 e. The first kappa shape index (κ1) is 12.0. The zero-order valence-corrected chi connectivity index (χ0v) is 9.76. The van der Waals surface area contributed by atoms with Gasteiger partial charge in [0.1, 0.15) is 0 Å². The maximum atomic E-state index is 12.5. The average molecular weight is 261 g/mol. The number of H-pyrrole nitrogens is 1. The minimum Gasteiger partial charge on any atom is -0.350 e. The van der Waals surface area contributed by atoms with Crippen LogP contribution in [0.15, 0.2) is 11.1 Å². The molecule has 8 heteroatoms. The van der Waals surface area contributed by atoms with Crippen LogP contribution in [0.4, 0.5) is 3.89 Å². The fourth-order valence-electron chi connectivity index (χ4n) is 1.57. The van der Waals surface area contributed by atoms with Gasteiger partial charge in [-0.05, 0) is 18.8 Å². The van der Waals surface area contributed by atoms with Crippen LogP contribution in [-0.2, 0) is 10.2 Å². The Morgan fingerprint density at radius 1 is 1.59 bits per heavy atom. The Bertz CT molecular complexity index is 521. The highest BCUT2D eigenvalue weighted by molar-refractivity contribution is 7.86. The fraction of sp³-hybridized carbons (Fsp3) is 0.556. The lowest BCUT2D eigenvalue weighted by Crippen LogP contribution is -2.32. The molecular formula is C9H12FN3O3S. The van der Waals surface area contributed by atoms with Crippen molar-refractivity contribution in [1.82, 2.24) is 15.5 Å². The molecule has 1 fully saturated rings. The largest absolute Gasteiger partial charge is 0.350 e. The Kier molecular flexibility index (Phi) is 3.14. The van der Waals surface area contributed by atoms with Crippen LogP contribution in [0.3, 0.4) is 0 Å². The first-order valence-electron chi connectivity index (χ1n) is 5.25. The van der Waals surface area contributed by atoms with E-state index in [0.29, 0.717) is 12.5 Å². The second-order valence-corrected chi connectivity index (χ2v) is 5.38. The van der Waals surface area contributed by atoms with Crippen molar-refractivity contribution >= 4 is 16.1 Å². The number of aromatic nitrogens is 2. The topological polar surface area (TPSA) is 91.9 Å². The number of nitrogens with zero attached hydrogens (tertiary/aromatic N) is 1. The van der Waals surface area contributed by atoms with Crippen LogP contribution < -0.4 is 5.32 Å². The van der Waals surface area contributed by atoms with Crippen molar-refractivity contribution in [3.8, 4) is 0 Å². The van der Waals surface area contributed by atoms with Gasteiger partial charge in [0, 0.05) is 12.6 Å². The summed E-state index contributed by atoms with van der Waals surface area (Å²) in [6.07, 6.45) is 3.35. The van der Waals surface area contributed by atoms with E-state index in [1.54, 1.807) is 0 Å². The Morgan fingerprint density at radius 2 is 2.29 bits per heavy atom. The molecule has 1 aliphatic rings. The fourth-order valence-corrected chi connectivity index (χ4v) is 1.98. The summed E-state index contributed by atoms with van der Waals surface area (Å²) < 4.78 is 33.6. The summed E-state index contributed by atoms with van der Waals surface area (Å²) >= 11 is 0. The molecule has 1 aromatic heterocycles. The van der Waals surface area contributed by atoms with Gasteiger partial charge in [-0.15, -0.1) is 0 Å². The van der Waals surface area contributed by atoms with Crippen LogP contribution >= 0.6 is 0 Å². The number of hydrogen-bond acceptors (Lipinski definition) is 4. The van der Waals surface area contributed by atoms with Crippen molar-refractivity contribution in [3.05, 3.63) is 11.8 Å². The number of hydrogen-bond donors (Lipinski definition) is 2. The van der Waals surface area contributed by atoms with Gasteiger partial charge >= 0.3 is 10.2 Å². The first-order chi connectivity index (χ1) is 7.97. The number of carbonyl (C=O) groups is 1. The SMILES string of the molecule is O=C(NCC1CCC1)c1cc(S(=O)(=O)F)[nH]n1. The molecule has 2 N–H and O–H groups in total. The number of carbonyl (C=O) groups excluding carboxylic acids is 1. The molecule has 0 bridgehead atoms. The molecule has 94 valence electrons. The molecule has 0 aliphatic heterocycles. The molecule has 0 atom stereocenters. The summed E-state index contributed by atoms with van der Waals surface area (Å²) in [5.41, 5.74) is -0.124. The number of halogens is 1. The van der Waals surface area contributed by atoms with Crippen LogP contribution in [0, 0.1) is 5.92 Å². The van der Waals surface area contributed by atoms with Crippen LogP contribution in [-0.4, -0.2) is 31.1 Å².